The van der Waals surface area contributed by atoms with Crippen LogP contribution in [0.4, 0.5) is 0 Å². The van der Waals surface area contributed by atoms with E-state index < -0.39 is 66.8 Å². The number of carbonyl (C=O) groups is 1. The molecule has 0 aromatic heterocycles. The van der Waals surface area contributed by atoms with Crippen LogP contribution in [0.5, 0.6) is 11.5 Å². The number of cyclic esters (lactones) is 1. The average molecular weight is 591 g/mol. The Morgan fingerprint density at radius 3 is 2.48 bits per heavy atom. The molecule has 4 heterocycles. The summed E-state index contributed by atoms with van der Waals surface area (Å²) in [6, 6.07) is 3.56. The van der Waals surface area contributed by atoms with Gasteiger partial charge >= 0.3 is 5.97 Å². The lowest BCUT2D eigenvalue weighted by Gasteiger charge is -2.47. The van der Waals surface area contributed by atoms with E-state index in [2.05, 4.69) is 6.58 Å². The highest BCUT2D eigenvalue weighted by Crippen LogP contribution is 2.54. The molecule has 3 fully saturated rings. The van der Waals surface area contributed by atoms with E-state index in [1.807, 2.05) is 0 Å². The van der Waals surface area contributed by atoms with Crippen LogP contribution in [0.25, 0.3) is 0 Å². The first kappa shape index (κ1) is 28.8. The van der Waals surface area contributed by atoms with Gasteiger partial charge in [-0.2, -0.15) is 0 Å². The Morgan fingerprint density at radius 2 is 1.76 bits per heavy atom. The fraction of sp³-hybridized carbons (Fsp3) is 0.552. The predicted octanol–water partition coefficient (Wildman–Crippen LogP) is 1.70. The van der Waals surface area contributed by atoms with Crippen LogP contribution in [0.15, 0.2) is 48.1 Å². The van der Waals surface area contributed by atoms with Crippen LogP contribution in [0, 0.1) is 11.8 Å². The van der Waals surface area contributed by atoms with Crippen LogP contribution in [-0.4, -0.2) is 92.5 Å². The number of esters is 1. The molecule has 0 spiro atoms. The van der Waals surface area contributed by atoms with Crippen molar-refractivity contribution in [2.75, 3.05) is 34.2 Å². The van der Waals surface area contributed by atoms with Crippen molar-refractivity contribution < 1.29 is 62.7 Å². The van der Waals surface area contributed by atoms with Crippen molar-refractivity contribution in [3.8, 4) is 11.5 Å². The monoisotopic (exact) mass is 590 g/mol. The molecule has 1 aromatic rings. The van der Waals surface area contributed by atoms with E-state index in [0.29, 0.717) is 22.6 Å². The molecule has 13 nitrogen and oxygen atoms in total. The van der Waals surface area contributed by atoms with Gasteiger partial charge in [0, 0.05) is 11.8 Å². The molecule has 0 saturated carbocycles. The lowest BCUT2D eigenvalue weighted by molar-refractivity contribution is -0.364. The fourth-order valence-corrected chi connectivity index (χ4v) is 6.20. The quantitative estimate of drug-likeness (QED) is 0.239. The van der Waals surface area contributed by atoms with E-state index in [4.69, 9.17) is 42.6 Å². The van der Waals surface area contributed by atoms with E-state index in [1.165, 1.54) is 20.3 Å². The Hall–Kier alpha value is -3.33. The van der Waals surface area contributed by atoms with E-state index in [1.54, 1.807) is 25.1 Å². The Labute approximate surface area is 241 Å². The highest BCUT2D eigenvalue weighted by Gasteiger charge is 2.55. The first-order chi connectivity index (χ1) is 20.2. The van der Waals surface area contributed by atoms with Crippen molar-refractivity contribution in [2.24, 2.45) is 11.8 Å². The zero-order chi connectivity index (χ0) is 29.7. The summed E-state index contributed by atoms with van der Waals surface area (Å²) < 4.78 is 50.8. The van der Waals surface area contributed by atoms with Crippen LogP contribution < -0.4 is 9.47 Å². The first-order valence-electron chi connectivity index (χ1n) is 13.6. The smallest absolute Gasteiger partial charge is 0.310 e. The molecule has 3 saturated heterocycles. The third kappa shape index (κ3) is 4.89. The Kier molecular flexibility index (Phi) is 7.81. The summed E-state index contributed by atoms with van der Waals surface area (Å²) >= 11 is 0. The molecule has 0 bridgehead atoms. The number of aliphatic hydroxyl groups is 3. The summed E-state index contributed by atoms with van der Waals surface area (Å²) in [4.78, 5) is 13.2. The summed E-state index contributed by atoms with van der Waals surface area (Å²) in [5.41, 5.74) is 1.35. The normalized spacial score (nSPS) is 37.3. The summed E-state index contributed by atoms with van der Waals surface area (Å²) in [5.74, 6) is -1.40. The third-order valence-electron chi connectivity index (χ3n) is 8.36. The van der Waals surface area contributed by atoms with Gasteiger partial charge in [0.2, 0.25) is 6.79 Å². The topological polar surface area (TPSA) is 161 Å². The predicted molar refractivity (Wildman–Crippen MR) is 140 cm³/mol. The maximum atomic E-state index is 13.2. The van der Waals surface area contributed by atoms with Crippen LogP contribution in [-0.2, 0) is 38.0 Å². The number of carbonyl (C=O) groups excluding carboxylic acids is 1. The molecule has 0 amide bonds. The van der Waals surface area contributed by atoms with Gasteiger partial charge in [-0.3, -0.25) is 4.79 Å². The molecule has 42 heavy (non-hydrogen) atoms. The number of ether oxygens (including phenoxy) is 9. The molecule has 10 atom stereocenters. The van der Waals surface area contributed by atoms with E-state index in [9.17, 15) is 20.1 Å². The largest absolute Gasteiger partial charge is 0.502 e. The summed E-state index contributed by atoms with van der Waals surface area (Å²) in [5, 5.41) is 32.4. The van der Waals surface area contributed by atoms with Crippen molar-refractivity contribution >= 4 is 5.97 Å². The number of rotatable bonds is 7. The lowest BCUT2D eigenvalue weighted by Crippen LogP contribution is -2.63. The minimum absolute atomic E-state index is 0.00854. The van der Waals surface area contributed by atoms with Gasteiger partial charge in [-0.15, -0.1) is 0 Å². The molecule has 6 rings (SSSR count). The average Bonchev–Trinajstić information content (AvgIpc) is 3.61. The van der Waals surface area contributed by atoms with Crippen molar-refractivity contribution in [1.82, 2.24) is 0 Å². The lowest BCUT2D eigenvalue weighted by atomic mass is 9.68. The minimum atomic E-state index is -1.44. The molecule has 0 unspecified atom stereocenters. The van der Waals surface area contributed by atoms with Gasteiger partial charge in [0.05, 0.1) is 39.5 Å². The number of aliphatic hydroxyl groups excluding tert-OH is 3. The molecule has 1 aliphatic carbocycles. The minimum Gasteiger partial charge on any atom is -0.502 e. The van der Waals surface area contributed by atoms with Crippen LogP contribution in [0.2, 0.25) is 0 Å². The van der Waals surface area contributed by atoms with Gasteiger partial charge < -0.3 is 58.0 Å². The SMILES string of the molecule is C=C(OC)/C(O)=C(\C=C\[C@@H]1c2cc3c(cc2[C@@H](O[C@@H]2O[C@@H]4CO[C@@H](C)O[C@H]4[C@H](O)[C@H]2O)[C@H]2COC(=O)[C@@H]21)OCO3)OC. The number of hydrogen-bond donors (Lipinski definition) is 3. The number of benzene rings is 1. The van der Waals surface area contributed by atoms with Gasteiger partial charge in [0.1, 0.15) is 24.4 Å². The third-order valence-corrected chi connectivity index (χ3v) is 8.36. The number of hydrogen-bond acceptors (Lipinski definition) is 13. The summed E-state index contributed by atoms with van der Waals surface area (Å²) in [6.45, 7) is 5.57. The molecular weight excluding hydrogens is 556 g/mol. The van der Waals surface area contributed by atoms with E-state index in [-0.39, 0.29) is 37.3 Å². The van der Waals surface area contributed by atoms with Crippen molar-refractivity contribution in [2.45, 2.75) is 55.9 Å². The van der Waals surface area contributed by atoms with E-state index in [0.717, 1.165) is 0 Å². The van der Waals surface area contributed by atoms with Crippen molar-refractivity contribution in [1.29, 1.82) is 0 Å². The summed E-state index contributed by atoms with van der Waals surface area (Å²) in [6.07, 6.45) is -3.52. The van der Waals surface area contributed by atoms with Gasteiger partial charge in [-0.1, -0.05) is 12.7 Å². The van der Waals surface area contributed by atoms with Gasteiger partial charge in [-0.25, -0.2) is 0 Å². The second kappa shape index (κ2) is 11.4. The molecule has 1 aromatic carbocycles. The van der Waals surface area contributed by atoms with Crippen LogP contribution in [0.1, 0.15) is 30.1 Å². The molecule has 3 N–H and O–H groups in total. The van der Waals surface area contributed by atoms with Gasteiger partial charge in [0.15, 0.2) is 41.4 Å². The molecular formula is C29H34O13. The first-order valence-corrected chi connectivity index (χ1v) is 13.6. The van der Waals surface area contributed by atoms with E-state index >= 15 is 0 Å². The number of fused-ring (bicyclic) bond motifs is 4. The molecule has 0 radical (unpaired) electrons. The molecule has 5 aliphatic rings. The maximum absolute atomic E-state index is 13.2. The second-order valence-electron chi connectivity index (χ2n) is 10.7. The van der Waals surface area contributed by atoms with Crippen molar-refractivity contribution in [3.05, 3.63) is 59.3 Å². The number of methoxy groups -OCH3 is 2. The zero-order valence-electron chi connectivity index (χ0n) is 23.3. The Bertz CT molecular complexity index is 1290. The highest BCUT2D eigenvalue weighted by atomic mass is 16.8. The van der Waals surface area contributed by atoms with Gasteiger partial charge in [-0.05, 0) is 36.3 Å². The zero-order valence-corrected chi connectivity index (χ0v) is 23.3. The van der Waals surface area contributed by atoms with Crippen LogP contribution in [0.3, 0.4) is 0 Å². The second-order valence-corrected chi connectivity index (χ2v) is 10.7. The maximum Gasteiger partial charge on any atom is 0.310 e. The Balaban J connectivity index is 1.38. The standard InChI is InChI=1S/C29H34O13/c1-12(34-3)23(30)18(35-4)6-5-14-15-7-19-20(39-11-38-19)8-16(15)26(17-9-37-28(33)22(14)17)42-29-25(32)24(31)27-21(41-29)10-36-13(2)40-27/h5-8,13-14,17,21-22,24-27,29-32H,1,9-11H2,2-4H3/b6-5+,23-18-/t13-,14-,17+,21-,22-,24-,25-,26-,27-,29+/m1/s1. The molecule has 13 heteroatoms. The van der Waals surface area contributed by atoms with Crippen molar-refractivity contribution in [3.63, 3.8) is 0 Å². The van der Waals surface area contributed by atoms with Crippen LogP contribution >= 0.6 is 0 Å². The highest BCUT2D eigenvalue weighted by molar-refractivity contribution is 5.78. The molecule has 4 aliphatic heterocycles. The van der Waals surface area contributed by atoms with Gasteiger partial charge in [0.25, 0.3) is 0 Å². The molecule has 228 valence electrons. The summed E-state index contributed by atoms with van der Waals surface area (Å²) in [7, 11) is 2.76. The Morgan fingerprint density at radius 1 is 1.02 bits per heavy atom. The number of allylic oxidation sites excluding steroid dienone is 2. The fourth-order valence-electron chi connectivity index (χ4n) is 6.20.